The van der Waals surface area contributed by atoms with Gasteiger partial charge in [0.1, 0.15) is 6.10 Å². The molecule has 0 saturated heterocycles. The van der Waals surface area contributed by atoms with Crippen molar-refractivity contribution in [3.05, 3.63) is 35.4 Å². The van der Waals surface area contributed by atoms with E-state index in [-0.39, 0.29) is 12.1 Å². The molecule has 1 saturated carbocycles. The number of hydrogen-bond acceptors (Lipinski definition) is 2. The van der Waals surface area contributed by atoms with Gasteiger partial charge in [0, 0.05) is 0 Å². The molecule has 1 fully saturated rings. The molecule has 0 amide bonds. The molecule has 0 unspecified atom stereocenters. The smallest absolute Gasteiger partial charge is 0.338 e. The highest BCUT2D eigenvalue weighted by Gasteiger charge is 2.33. The molecule has 2 nitrogen and oxygen atoms in total. The van der Waals surface area contributed by atoms with Gasteiger partial charge in [-0.1, -0.05) is 44.9 Å². The fraction of sp³-hybridized carbons (Fsp3) is 0.611. The molecule has 0 spiro atoms. The summed E-state index contributed by atoms with van der Waals surface area (Å²) in [5.41, 5.74) is 1.82. The summed E-state index contributed by atoms with van der Waals surface area (Å²) in [5, 5.41) is 0. The number of rotatable bonds is 3. The second kappa shape index (κ2) is 6.43. The fourth-order valence-corrected chi connectivity index (χ4v) is 3.15. The van der Waals surface area contributed by atoms with E-state index in [0.717, 1.165) is 12.0 Å². The summed E-state index contributed by atoms with van der Waals surface area (Å²) >= 11 is 0. The summed E-state index contributed by atoms with van der Waals surface area (Å²) in [6, 6.07) is 7.63. The lowest BCUT2D eigenvalue weighted by atomic mass is 9.75. The molecular formula is C18H26O2. The summed E-state index contributed by atoms with van der Waals surface area (Å²) in [6.45, 7) is 8.73. The third kappa shape index (κ3) is 3.62. The predicted molar refractivity (Wildman–Crippen MR) is 81.7 cm³/mol. The molecule has 110 valence electrons. The Bertz CT molecular complexity index is 447. The lowest BCUT2D eigenvalue weighted by Crippen LogP contribution is -2.35. The zero-order valence-corrected chi connectivity index (χ0v) is 13.1. The molecule has 0 bridgehead atoms. The molecule has 3 atom stereocenters. The van der Waals surface area contributed by atoms with Gasteiger partial charge >= 0.3 is 5.97 Å². The first-order valence-corrected chi connectivity index (χ1v) is 7.75. The van der Waals surface area contributed by atoms with E-state index in [9.17, 15) is 4.79 Å². The molecule has 0 heterocycles. The quantitative estimate of drug-likeness (QED) is 0.752. The van der Waals surface area contributed by atoms with Crippen LogP contribution in [0.5, 0.6) is 0 Å². The summed E-state index contributed by atoms with van der Waals surface area (Å²) < 4.78 is 5.82. The van der Waals surface area contributed by atoms with Crippen molar-refractivity contribution in [2.75, 3.05) is 0 Å². The van der Waals surface area contributed by atoms with Crippen LogP contribution >= 0.6 is 0 Å². The molecule has 1 aromatic rings. The first-order chi connectivity index (χ1) is 9.47. The molecule has 0 aliphatic heterocycles. The van der Waals surface area contributed by atoms with Crippen molar-refractivity contribution in [3.8, 4) is 0 Å². The van der Waals surface area contributed by atoms with Gasteiger partial charge in [0.25, 0.3) is 0 Å². The number of ether oxygens (including phenoxy) is 1. The van der Waals surface area contributed by atoms with Crippen LogP contribution in [0, 0.1) is 24.7 Å². The minimum Gasteiger partial charge on any atom is -0.458 e. The van der Waals surface area contributed by atoms with Crippen LogP contribution in [0.25, 0.3) is 0 Å². The second-order valence-corrected chi connectivity index (χ2v) is 6.64. The highest BCUT2D eigenvalue weighted by atomic mass is 16.5. The number of aryl methyl sites for hydroxylation is 1. The predicted octanol–water partition coefficient (Wildman–Crippen LogP) is 4.61. The zero-order valence-electron chi connectivity index (χ0n) is 13.1. The van der Waals surface area contributed by atoms with Crippen LogP contribution in [0.15, 0.2) is 24.3 Å². The highest BCUT2D eigenvalue weighted by molar-refractivity contribution is 5.89. The molecule has 20 heavy (non-hydrogen) atoms. The van der Waals surface area contributed by atoms with Crippen LogP contribution in [0.3, 0.4) is 0 Å². The minimum atomic E-state index is -0.172. The molecule has 0 aromatic heterocycles. The maximum absolute atomic E-state index is 12.3. The van der Waals surface area contributed by atoms with Gasteiger partial charge in [-0.2, -0.15) is 0 Å². The Morgan fingerprint density at radius 2 is 1.85 bits per heavy atom. The van der Waals surface area contributed by atoms with Crippen molar-refractivity contribution in [2.45, 2.75) is 53.1 Å². The Hall–Kier alpha value is -1.31. The van der Waals surface area contributed by atoms with Crippen molar-refractivity contribution in [2.24, 2.45) is 17.8 Å². The van der Waals surface area contributed by atoms with Crippen LogP contribution in [-0.2, 0) is 4.74 Å². The van der Waals surface area contributed by atoms with E-state index in [4.69, 9.17) is 4.74 Å². The van der Waals surface area contributed by atoms with Gasteiger partial charge in [-0.3, -0.25) is 0 Å². The molecule has 1 aromatic carbocycles. The van der Waals surface area contributed by atoms with Crippen LogP contribution < -0.4 is 0 Å². The van der Waals surface area contributed by atoms with Gasteiger partial charge in [-0.05, 0) is 49.7 Å². The number of benzene rings is 1. The SMILES string of the molecule is Cc1ccc(C(=O)O[C@@H]2C[C@H](C)CC[C@H]2C(C)C)cc1. The first kappa shape index (κ1) is 15.1. The van der Waals surface area contributed by atoms with Crippen molar-refractivity contribution in [3.63, 3.8) is 0 Å². The number of carbonyl (C=O) groups excluding carboxylic acids is 1. The van der Waals surface area contributed by atoms with Gasteiger partial charge < -0.3 is 4.74 Å². The standard InChI is InChI=1S/C18H26O2/c1-12(2)16-10-7-14(4)11-17(16)20-18(19)15-8-5-13(3)6-9-15/h5-6,8-9,12,14,16-17H,7,10-11H2,1-4H3/t14-,16+,17-/m1/s1. The van der Waals surface area contributed by atoms with Gasteiger partial charge in [0.2, 0.25) is 0 Å². The van der Waals surface area contributed by atoms with Crippen molar-refractivity contribution >= 4 is 5.97 Å². The lowest BCUT2D eigenvalue weighted by Gasteiger charge is -2.36. The van der Waals surface area contributed by atoms with Crippen LogP contribution in [0.1, 0.15) is 56.0 Å². The van der Waals surface area contributed by atoms with Crippen molar-refractivity contribution in [1.29, 1.82) is 0 Å². The Labute approximate surface area is 122 Å². The highest BCUT2D eigenvalue weighted by Crippen LogP contribution is 2.35. The molecular weight excluding hydrogens is 248 g/mol. The van der Waals surface area contributed by atoms with Gasteiger partial charge in [-0.15, -0.1) is 0 Å². The Balaban J connectivity index is 2.05. The average molecular weight is 274 g/mol. The molecule has 0 radical (unpaired) electrons. The summed E-state index contributed by atoms with van der Waals surface area (Å²) in [5.74, 6) is 1.55. The van der Waals surface area contributed by atoms with E-state index in [1.54, 1.807) is 0 Å². The third-order valence-corrected chi connectivity index (χ3v) is 4.51. The summed E-state index contributed by atoms with van der Waals surface area (Å²) in [7, 11) is 0. The third-order valence-electron chi connectivity index (χ3n) is 4.51. The number of carbonyl (C=O) groups is 1. The van der Waals surface area contributed by atoms with Crippen LogP contribution in [0.2, 0.25) is 0 Å². The molecule has 0 N–H and O–H groups in total. The van der Waals surface area contributed by atoms with Crippen molar-refractivity contribution in [1.82, 2.24) is 0 Å². The monoisotopic (exact) mass is 274 g/mol. The zero-order chi connectivity index (χ0) is 14.7. The van der Waals surface area contributed by atoms with E-state index in [0.29, 0.717) is 23.3 Å². The molecule has 2 heteroatoms. The Morgan fingerprint density at radius 1 is 1.20 bits per heavy atom. The molecule has 2 rings (SSSR count). The van der Waals surface area contributed by atoms with E-state index in [1.807, 2.05) is 31.2 Å². The average Bonchev–Trinajstić information content (AvgIpc) is 2.39. The second-order valence-electron chi connectivity index (χ2n) is 6.64. The first-order valence-electron chi connectivity index (χ1n) is 7.75. The van der Waals surface area contributed by atoms with E-state index in [2.05, 4.69) is 20.8 Å². The van der Waals surface area contributed by atoms with Gasteiger partial charge in [0.05, 0.1) is 5.56 Å². The summed E-state index contributed by atoms with van der Waals surface area (Å²) in [4.78, 5) is 12.3. The maximum atomic E-state index is 12.3. The normalized spacial score (nSPS) is 26.6. The Morgan fingerprint density at radius 3 is 2.45 bits per heavy atom. The van der Waals surface area contributed by atoms with E-state index >= 15 is 0 Å². The van der Waals surface area contributed by atoms with E-state index in [1.165, 1.54) is 12.8 Å². The van der Waals surface area contributed by atoms with Crippen molar-refractivity contribution < 1.29 is 9.53 Å². The van der Waals surface area contributed by atoms with Gasteiger partial charge in [-0.25, -0.2) is 4.79 Å². The van der Waals surface area contributed by atoms with Gasteiger partial charge in [0.15, 0.2) is 0 Å². The molecule has 1 aliphatic rings. The summed E-state index contributed by atoms with van der Waals surface area (Å²) in [6.07, 6.45) is 3.50. The minimum absolute atomic E-state index is 0.0764. The Kier molecular flexibility index (Phi) is 4.85. The maximum Gasteiger partial charge on any atom is 0.338 e. The van der Waals surface area contributed by atoms with Crippen LogP contribution in [-0.4, -0.2) is 12.1 Å². The van der Waals surface area contributed by atoms with Crippen LogP contribution in [0.4, 0.5) is 0 Å². The largest absolute Gasteiger partial charge is 0.458 e. The number of esters is 1. The topological polar surface area (TPSA) is 26.3 Å². The van der Waals surface area contributed by atoms with E-state index < -0.39 is 0 Å². The lowest BCUT2D eigenvalue weighted by molar-refractivity contribution is -0.0174. The molecule has 1 aliphatic carbocycles. The fourth-order valence-electron chi connectivity index (χ4n) is 3.15. The number of hydrogen-bond donors (Lipinski definition) is 0.